The van der Waals surface area contributed by atoms with E-state index in [1.54, 1.807) is 14.2 Å². The van der Waals surface area contributed by atoms with Gasteiger partial charge in [-0.2, -0.15) is 0 Å². The summed E-state index contributed by atoms with van der Waals surface area (Å²) in [5.41, 5.74) is 3.79. The highest BCUT2D eigenvalue weighted by atomic mass is 35.5. The molecule has 6 nitrogen and oxygen atoms in total. The fourth-order valence-corrected chi connectivity index (χ4v) is 6.36. The van der Waals surface area contributed by atoms with E-state index in [0.717, 1.165) is 37.3 Å². The van der Waals surface area contributed by atoms with Crippen LogP contribution in [0.25, 0.3) is 0 Å². The maximum absolute atomic E-state index is 13.5. The molecule has 1 N–H and O–H groups in total. The van der Waals surface area contributed by atoms with Gasteiger partial charge in [0.15, 0.2) is 23.1 Å². The van der Waals surface area contributed by atoms with Gasteiger partial charge in [0.1, 0.15) is 4.90 Å². The highest BCUT2D eigenvalue weighted by Crippen LogP contribution is 2.48. The van der Waals surface area contributed by atoms with Crippen LogP contribution in [0.4, 0.5) is 8.78 Å². The summed E-state index contributed by atoms with van der Waals surface area (Å²) in [6.45, 7) is 1.73. The Labute approximate surface area is 191 Å². The van der Waals surface area contributed by atoms with Crippen molar-refractivity contribution in [2.24, 2.45) is 0 Å². The number of methoxy groups -OCH3 is 2. The molecule has 1 atom stereocenters. The van der Waals surface area contributed by atoms with Crippen LogP contribution in [0.1, 0.15) is 35.6 Å². The summed E-state index contributed by atoms with van der Waals surface area (Å²) in [5, 5.41) is -0.355. The van der Waals surface area contributed by atoms with E-state index in [0.29, 0.717) is 25.1 Å². The first-order valence-corrected chi connectivity index (χ1v) is 12.3. The third-order valence-electron chi connectivity index (χ3n) is 6.19. The summed E-state index contributed by atoms with van der Waals surface area (Å²) >= 11 is 5.81. The molecule has 0 saturated carbocycles. The van der Waals surface area contributed by atoms with Crippen LogP contribution in [0.5, 0.6) is 11.5 Å². The van der Waals surface area contributed by atoms with Crippen molar-refractivity contribution in [3.63, 3.8) is 0 Å². The Bertz CT molecular complexity index is 1140. The van der Waals surface area contributed by atoms with Crippen LogP contribution in [-0.2, 0) is 22.9 Å². The van der Waals surface area contributed by atoms with Crippen molar-refractivity contribution < 1.29 is 26.7 Å². The van der Waals surface area contributed by atoms with E-state index in [2.05, 4.69) is 15.7 Å². The van der Waals surface area contributed by atoms with Gasteiger partial charge in [-0.15, -0.1) is 0 Å². The van der Waals surface area contributed by atoms with E-state index < -0.39 is 26.6 Å². The molecular weight excluding hydrogens is 462 g/mol. The molecule has 10 heteroatoms. The predicted molar refractivity (Wildman–Crippen MR) is 117 cm³/mol. The number of halogens is 3. The molecule has 32 heavy (non-hydrogen) atoms. The highest BCUT2D eigenvalue weighted by Gasteiger charge is 2.36. The maximum Gasteiger partial charge on any atom is 0.242 e. The van der Waals surface area contributed by atoms with Gasteiger partial charge in [-0.3, -0.25) is 4.90 Å². The van der Waals surface area contributed by atoms with Crippen LogP contribution in [0.15, 0.2) is 23.1 Å². The fraction of sp³-hybridized carbons (Fsp3) is 0.455. The van der Waals surface area contributed by atoms with Gasteiger partial charge in [-0.05, 0) is 55.0 Å². The molecule has 1 aliphatic carbocycles. The first kappa shape index (κ1) is 23.2. The Morgan fingerprint density at radius 2 is 1.91 bits per heavy atom. The van der Waals surface area contributed by atoms with E-state index >= 15 is 0 Å². The van der Waals surface area contributed by atoms with Gasteiger partial charge in [0.25, 0.3) is 0 Å². The first-order chi connectivity index (χ1) is 15.3. The Hall–Kier alpha value is -1.94. The molecule has 0 spiro atoms. The van der Waals surface area contributed by atoms with Crippen LogP contribution in [0.3, 0.4) is 0 Å². The third-order valence-corrected chi connectivity index (χ3v) is 8.11. The van der Waals surface area contributed by atoms with Crippen LogP contribution in [-0.4, -0.2) is 47.2 Å². The molecule has 0 amide bonds. The van der Waals surface area contributed by atoms with Crippen molar-refractivity contribution in [1.29, 1.82) is 0 Å². The molecule has 0 fully saturated rings. The average molecular weight is 487 g/mol. The summed E-state index contributed by atoms with van der Waals surface area (Å²) in [5.74, 6) is -0.886. The van der Waals surface area contributed by atoms with Gasteiger partial charge in [0.05, 0.1) is 19.2 Å². The Morgan fingerprint density at radius 3 is 2.62 bits per heavy atom. The topological polar surface area (TPSA) is 67.9 Å². The zero-order chi connectivity index (χ0) is 23.0. The highest BCUT2D eigenvalue weighted by molar-refractivity contribution is 7.89. The Morgan fingerprint density at radius 1 is 1.16 bits per heavy atom. The van der Waals surface area contributed by atoms with Gasteiger partial charge >= 0.3 is 0 Å². The number of nitrogens with one attached hydrogen (secondary N) is 1. The summed E-state index contributed by atoms with van der Waals surface area (Å²) in [6, 6.07) is 3.60. The minimum absolute atomic E-state index is 0.159. The second-order valence-corrected chi connectivity index (χ2v) is 10.1. The van der Waals surface area contributed by atoms with Gasteiger partial charge in [0, 0.05) is 31.2 Å². The molecule has 0 aromatic heterocycles. The van der Waals surface area contributed by atoms with Crippen molar-refractivity contribution in [1.82, 2.24) is 9.62 Å². The van der Waals surface area contributed by atoms with Crippen LogP contribution in [0, 0.1) is 11.6 Å². The largest absolute Gasteiger partial charge is 0.493 e. The Kier molecular flexibility index (Phi) is 6.63. The predicted octanol–water partition coefficient (Wildman–Crippen LogP) is 3.85. The lowest BCUT2D eigenvalue weighted by atomic mass is 9.92. The lowest BCUT2D eigenvalue weighted by Gasteiger charge is -2.35. The normalized spacial score (nSPS) is 18.0. The maximum atomic E-state index is 13.5. The number of rotatable bonds is 8. The number of benzene rings is 2. The van der Waals surface area contributed by atoms with E-state index in [-0.39, 0.29) is 17.6 Å². The second kappa shape index (κ2) is 9.13. The SMILES string of the molecule is COc1cc2c3c(c1OC)CCC3N(CCCNS(=O)(=O)c1cc(F)c(F)cc1Cl)CC2. The van der Waals surface area contributed by atoms with Crippen LogP contribution < -0.4 is 14.2 Å². The molecule has 1 aliphatic heterocycles. The molecule has 0 radical (unpaired) electrons. The monoisotopic (exact) mass is 486 g/mol. The van der Waals surface area contributed by atoms with E-state index in [1.807, 2.05) is 0 Å². The number of hydrogen-bond donors (Lipinski definition) is 1. The van der Waals surface area contributed by atoms with Gasteiger partial charge in [-0.1, -0.05) is 11.6 Å². The summed E-state index contributed by atoms with van der Waals surface area (Å²) in [4.78, 5) is 1.90. The van der Waals surface area contributed by atoms with Crippen molar-refractivity contribution in [2.45, 2.75) is 36.6 Å². The Balaban J connectivity index is 1.41. The fourth-order valence-electron chi connectivity index (χ4n) is 4.77. The van der Waals surface area contributed by atoms with Crippen molar-refractivity contribution in [3.8, 4) is 11.5 Å². The standard InChI is InChI=1S/C22H25ClF2N2O4S/c1-30-19-10-13-6-9-27(18-5-4-14(21(13)18)22(19)31-2)8-3-7-26-32(28,29)20-12-17(25)16(24)11-15(20)23/h10-12,18,26H,3-9H2,1-2H3. The smallest absolute Gasteiger partial charge is 0.242 e. The lowest BCUT2D eigenvalue weighted by Crippen LogP contribution is -2.36. The molecule has 2 aromatic rings. The third kappa shape index (κ3) is 4.19. The number of ether oxygens (including phenoxy) is 2. The lowest BCUT2D eigenvalue weighted by molar-refractivity contribution is 0.184. The quantitative estimate of drug-likeness (QED) is 0.453. The number of nitrogens with zero attached hydrogens (tertiary/aromatic N) is 1. The van der Waals surface area contributed by atoms with Crippen molar-refractivity contribution in [2.75, 3.05) is 33.9 Å². The molecule has 2 aliphatic rings. The summed E-state index contributed by atoms with van der Waals surface area (Å²) in [7, 11) is -0.746. The average Bonchev–Trinajstić information content (AvgIpc) is 3.21. The van der Waals surface area contributed by atoms with E-state index in [1.165, 1.54) is 16.7 Å². The van der Waals surface area contributed by atoms with Crippen LogP contribution >= 0.6 is 11.6 Å². The van der Waals surface area contributed by atoms with Gasteiger partial charge in [0.2, 0.25) is 10.0 Å². The van der Waals surface area contributed by atoms with E-state index in [9.17, 15) is 17.2 Å². The van der Waals surface area contributed by atoms with Gasteiger partial charge in [-0.25, -0.2) is 21.9 Å². The molecule has 1 unspecified atom stereocenters. The minimum atomic E-state index is -4.04. The van der Waals surface area contributed by atoms with Crippen molar-refractivity contribution in [3.05, 3.63) is 51.5 Å². The van der Waals surface area contributed by atoms with Gasteiger partial charge < -0.3 is 9.47 Å². The number of sulfonamides is 1. The molecule has 4 rings (SSSR count). The first-order valence-electron chi connectivity index (χ1n) is 10.4. The van der Waals surface area contributed by atoms with E-state index in [4.69, 9.17) is 21.1 Å². The summed E-state index contributed by atoms with van der Waals surface area (Å²) < 4.78 is 65.2. The van der Waals surface area contributed by atoms with Crippen molar-refractivity contribution >= 4 is 21.6 Å². The molecule has 2 aromatic carbocycles. The molecule has 1 heterocycles. The zero-order valence-corrected chi connectivity index (χ0v) is 19.5. The van der Waals surface area contributed by atoms with Crippen LogP contribution in [0.2, 0.25) is 5.02 Å². The number of hydrogen-bond acceptors (Lipinski definition) is 5. The molecular formula is C22H25ClF2N2O4S. The molecule has 174 valence electrons. The molecule has 0 bridgehead atoms. The minimum Gasteiger partial charge on any atom is -0.493 e. The summed E-state index contributed by atoms with van der Waals surface area (Å²) in [6.07, 6.45) is 3.33. The molecule has 0 saturated heterocycles. The second-order valence-electron chi connectivity index (χ2n) is 7.95. The zero-order valence-electron chi connectivity index (χ0n) is 17.9.